The molecule has 0 saturated heterocycles. The van der Waals surface area contributed by atoms with Crippen LogP contribution in [0.25, 0.3) is 0 Å². The third kappa shape index (κ3) is 4.77. The molecule has 1 heterocycles. The standard InChI is InChI=1S/C16H17ClI2N2/c1-20-10-12(14-5-4-13(17)8-15(14)19)7-16-11(9-18)3-2-6-21-16/h2-6,8,12,20H,7,9-10H2,1H3. The number of aromatic nitrogens is 1. The van der Waals surface area contributed by atoms with Gasteiger partial charge in [-0.15, -0.1) is 0 Å². The lowest BCUT2D eigenvalue weighted by Gasteiger charge is -2.19. The molecular weight excluding hydrogens is 509 g/mol. The van der Waals surface area contributed by atoms with Crippen LogP contribution in [0.4, 0.5) is 0 Å². The summed E-state index contributed by atoms with van der Waals surface area (Å²) in [5.41, 5.74) is 3.85. The number of alkyl halides is 1. The van der Waals surface area contributed by atoms with E-state index in [1.807, 2.05) is 31.4 Å². The number of nitrogens with zero attached hydrogens (tertiary/aromatic N) is 1. The molecule has 1 unspecified atom stereocenters. The Morgan fingerprint density at radius 1 is 1.33 bits per heavy atom. The van der Waals surface area contributed by atoms with Gasteiger partial charge in [0, 0.05) is 37.4 Å². The molecule has 0 amide bonds. The molecule has 1 aromatic heterocycles. The lowest BCUT2D eigenvalue weighted by Crippen LogP contribution is -2.21. The van der Waals surface area contributed by atoms with Gasteiger partial charge in [-0.05, 0) is 65.4 Å². The van der Waals surface area contributed by atoms with Gasteiger partial charge in [0.1, 0.15) is 0 Å². The molecule has 0 radical (unpaired) electrons. The van der Waals surface area contributed by atoms with Crippen LogP contribution in [0.1, 0.15) is 22.7 Å². The average Bonchev–Trinajstić information content (AvgIpc) is 2.47. The first-order valence-electron chi connectivity index (χ1n) is 6.74. The Morgan fingerprint density at radius 3 is 2.81 bits per heavy atom. The molecule has 0 spiro atoms. The summed E-state index contributed by atoms with van der Waals surface area (Å²) in [4.78, 5) is 4.58. The van der Waals surface area contributed by atoms with Crippen molar-refractivity contribution in [1.82, 2.24) is 10.3 Å². The monoisotopic (exact) mass is 526 g/mol. The smallest absolute Gasteiger partial charge is 0.0449 e. The summed E-state index contributed by atoms with van der Waals surface area (Å²) in [6.07, 6.45) is 2.83. The summed E-state index contributed by atoms with van der Waals surface area (Å²) < 4.78 is 2.21. The minimum Gasteiger partial charge on any atom is -0.319 e. The first kappa shape index (κ1) is 17.4. The number of rotatable bonds is 6. The lowest BCUT2D eigenvalue weighted by molar-refractivity contribution is 0.614. The van der Waals surface area contributed by atoms with E-state index < -0.39 is 0 Å². The van der Waals surface area contributed by atoms with E-state index in [1.54, 1.807) is 0 Å². The zero-order valence-corrected chi connectivity index (χ0v) is 16.8. The second kappa shape index (κ2) is 8.64. The van der Waals surface area contributed by atoms with Crippen molar-refractivity contribution in [2.75, 3.05) is 13.6 Å². The van der Waals surface area contributed by atoms with E-state index in [2.05, 4.69) is 67.6 Å². The Hall–Kier alpha value is 0.0800. The molecule has 0 aliphatic rings. The van der Waals surface area contributed by atoms with Crippen LogP contribution in [-0.2, 0) is 10.8 Å². The summed E-state index contributed by atoms with van der Waals surface area (Å²) in [7, 11) is 1.99. The Labute approximate surface area is 158 Å². The summed E-state index contributed by atoms with van der Waals surface area (Å²) in [6.45, 7) is 0.925. The maximum absolute atomic E-state index is 6.07. The predicted molar refractivity (Wildman–Crippen MR) is 107 cm³/mol. The molecular formula is C16H17ClI2N2. The lowest BCUT2D eigenvalue weighted by atomic mass is 9.92. The Bertz CT molecular complexity index is 605. The quantitative estimate of drug-likeness (QED) is 0.431. The maximum atomic E-state index is 6.07. The number of hydrogen-bond donors (Lipinski definition) is 1. The van der Waals surface area contributed by atoms with Gasteiger partial charge in [0.05, 0.1) is 0 Å². The number of pyridine rings is 1. The number of nitrogens with one attached hydrogen (secondary N) is 1. The Morgan fingerprint density at radius 2 is 2.14 bits per heavy atom. The molecule has 0 bridgehead atoms. The summed E-state index contributed by atoms with van der Waals surface area (Å²) in [6, 6.07) is 10.3. The molecule has 1 aromatic carbocycles. The minimum absolute atomic E-state index is 0.399. The number of halogens is 3. The highest BCUT2D eigenvalue weighted by molar-refractivity contribution is 14.1. The van der Waals surface area contributed by atoms with Crippen molar-refractivity contribution in [3.63, 3.8) is 0 Å². The SMILES string of the molecule is CNCC(Cc1ncccc1CI)c1ccc(Cl)cc1I. The van der Waals surface area contributed by atoms with Crippen molar-refractivity contribution in [3.05, 3.63) is 61.9 Å². The van der Waals surface area contributed by atoms with Crippen molar-refractivity contribution in [2.24, 2.45) is 0 Å². The largest absolute Gasteiger partial charge is 0.319 e. The van der Waals surface area contributed by atoms with Gasteiger partial charge in [-0.2, -0.15) is 0 Å². The molecule has 0 saturated carbocycles. The van der Waals surface area contributed by atoms with E-state index in [9.17, 15) is 0 Å². The fourth-order valence-electron chi connectivity index (χ4n) is 2.38. The topological polar surface area (TPSA) is 24.9 Å². The van der Waals surface area contributed by atoms with Gasteiger partial charge >= 0.3 is 0 Å². The van der Waals surface area contributed by atoms with Crippen LogP contribution in [0.5, 0.6) is 0 Å². The molecule has 2 rings (SSSR count). The predicted octanol–water partition coefficient (Wildman–Crippen LogP) is 4.82. The second-order valence-corrected chi connectivity index (χ2v) is 7.23. The van der Waals surface area contributed by atoms with Crippen LogP contribution in [0.3, 0.4) is 0 Å². The maximum Gasteiger partial charge on any atom is 0.0449 e. The van der Waals surface area contributed by atoms with Crippen molar-refractivity contribution < 1.29 is 0 Å². The molecule has 2 nitrogen and oxygen atoms in total. The van der Waals surface area contributed by atoms with Gasteiger partial charge in [0.2, 0.25) is 0 Å². The molecule has 1 atom stereocenters. The number of likely N-dealkylation sites (N-methyl/N-ethyl adjacent to an activating group) is 1. The molecule has 5 heteroatoms. The summed E-state index contributed by atoms with van der Waals surface area (Å²) in [5, 5.41) is 4.09. The van der Waals surface area contributed by atoms with E-state index in [4.69, 9.17) is 11.6 Å². The van der Waals surface area contributed by atoms with Gasteiger partial charge in [-0.3, -0.25) is 4.98 Å². The zero-order valence-electron chi connectivity index (χ0n) is 11.7. The normalized spacial score (nSPS) is 12.4. The van der Waals surface area contributed by atoms with Crippen LogP contribution in [0.15, 0.2) is 36.5 Å². The Kier molecular flexibility index (Phi) is 7.18. The molecule has 0 aliphatic carbocycles. The van der Waals surface area contributed by atoms with Crippen LogP contribution in [0, 0.1) is 3.57 Å². The van der Waals surface area contributed by atoms with E-state index in [-0.39, 0.29) is 0 Å². The van der Waals surface area contributed by atoms with Crippen molar-refractivity contribution >= 4 is 56.8 Å². The fourth-order valence-corrected chi connectivity index (χ4v) is 4.39. The zero-order chi connectivity index (χ0) is 15.2. The van der Waals surface area contributed by atoms with E-state index in [1.165, 1.54) is 20.4 Å². The molecule has 0 fully saturated rings. The third-order valence-corrected chi connectivity index (χ3v) is 5.41. The summed E-state index contributed by atoms with van der Waals surface area (Å²) >= 11 is 10.8. The van der Waals surface area contributed by atoms with Gasteiger partial charge < -0.3 is 5.32 Å². The van der Waals surface area contributed by atoms with Crippen molar-refractivity contribution in [1.29, 1.82) is 0 Å². The second-order valence-electron chi connectivity index (χ2n) is 4.87. The Balaban J connectivity index is 2.30. The van der Waals surface area contributed by atoms with Gasteiger partial charge in [0.25, 0.3) is 0 Å². The van der Waals surface area contributed by atoms with Crippen molar-refractivity contribution in [3.8, 4) is 0 Å². The summed E-state index contributed by atoms with van der Waals surface area (Å²) in [5.74, 6) is 0.399. The number of benzene rings is 1. The van der Waals surface area contributed by atoms with Crippen LogP contribution in [0.2, 0.25) is 5.02 Å². The van der Waals surface area contributed by atoms with Gasteiger partial charge in [-0.25, -0.2) is 0 Å². The molecule has 2 aromatic rings. The third-order valence-electron chi connectivity index (χ3n) is 3.42. The van der Waals surface area contributed by atoms with Gasteiger partial charge in [0.15, 0.2) is 0 Å². The highest BCUT2D eigenvalue weighted by atomic mass is 127. The molecule has 21 heavy (non-hydrogen) atoms. The van der Waals surface area contributed by atoms with Crippen molar-refractivity contribution in [2.45, 2.75) is 16.8 Å². The highest BCUT2D eigenvalue weighted by Crippen LogP contribution is 2.28. The van der Waals surface area contributed by atoms with Crippen LogP contribution >= 0.6 is 56.8 Å². The highest BCUT2D eigenvalue weighted by Gasteiger charge is 2.17. The van der Waals surface area contributed by atoms with E-state index in [0.29, 0.717) is 5.92 Å². The molecule has 0 aliphatic heterocycles. The van der Waals surface area contributed by atoms with Crippen LogP contribution < -0.4 is 5.32 Å². The van der Waals surface area contributed by atoms with Crippen LogP contribution in [-0.4, -0.2) is 18.6 Å². The van der Waals surface area contributed by atoms with Gasteiger partial charge in [-0.1, -0.05) is 46.3 Å². The number of hydrogen-bond acceptors (Lipinski definition) is 2. The van der Waals surface area contributed by atoms with E-state index >= 15 is 0 Å². The fraction of sp³-hybridized carbons (Fsp3) is 0.312. The average molecular weight is 527 g/mol. The molecule has 1 N–H and O–H groups in total. The molecule has 112 valence electrons. The first-order chi connectivity index (χ1) is 10.2. The van der Waals surface area contributed by atoms with E-state index in [0.717, 1.165) is 22.4 Å². The first-order valence-corrected chi connectivity index (χ1v) is 9.72. The minimum atomic E-state index is 0.399.